The van der Waals surface area contributed by atoms with Crippen LogP contribution in [0.5, 0.6) is 0 Å². The maximum Gasteiger partial charge on any atom is 0.164 e. The fraction of sp³-hybridized carbons (Fsp3) is 0. The molecular formula is C46H27N5S. The molecule has 0 radical (unpaired) electrons. The van der Waals surface area contributed by atoms with Crippen LogP contribution in [-0.4, -0.2) is 24.3 Å². The molecule has 0 amide bonds. The van der Waals surface area contributed by atoms with E-state index in [2.05, 4.69) is 138 Å². The van der Waals surface area contributed by atoms with Crippen molar-refractivity contribution >= 4 is 69.7 Å². The molecule has 0 aliphatic heterocycles. The van der Waals surface area contributed by atoms with Crippen LogP contribution in [0.25, 0.3) is 104 Å². The Hall–Kier alpha value is -6.76. The van der Waals surface area contributed by atoms with Crippen molar-refractivity contribution in [3.05, 3.63) is 164 Å². The van der Waals surface area contributed by atoms with Gasteiger partial charge in [0.25, 0.3) is 0 Å². The lowest BCUT2D eigenvalue weighted by molar-refractivity contribution is 1.07. The molecule has 6 heteroatoms. The second-order valence-corrected chi connectivity index (χ2v) is 14.2. The minimum atomic E-state index is 0.632. The van der Waals surface area contributed by atoms with Gasteiger partial charge in [-0.25, -0.2) is 19.9 Å². The number of aromatic nitrogens is 5. The standard InChI is InChI=1S/C46H27N5S/c1-2-11-30(12-3-1)43-48-44(50-45(49-43)35-23-18-28-10-4-5-13-32(28)24-35)31-21-19-29(20-22-31)40-27-37-36-25-33-14-6-7-15-34(33)26-41(36)52-42(37)46-47-38-16-8-9-17-39(38)51(40)46/h1-27H. The van der Waals surface area contributed by atoms with Gasteiger partial charge in [-0.2, -0.15) is 0 Å². The molecule has 0 aliphatic carbocycles. The first-order valence-corrected chi connectivity index (χ1v) is 18.1. The van der Waals surface area contributed by atoms with E-state index in [1.54, 1.807) is 0 Å². The van der Waals surface area contributed by atoms with E-state index in [0.29, 0.717) is 17.5 Å². The Kier molecular flexibility index (Phi) is 6.35. The van der Waals surface area contributed by atoms with Crippen LogP contribution in [0.2, 0.25) is 0 Å². The Bertz CT molecular complexity index is 3180. The summed E-state index contributed by atoms with van der Waals surface area (Å²) >= 11 is 1.82. The normalized spacial score (nSPS) is 11.8. The lowest BCUT2D eigenvalue weighted by Crippen LogP contribution is -2.00. The van der Waals surface area contributed by atoms with E-state index in [0.717, 1.165) is 50.0 Å². The predicted octanol–water partition coefficient (Wildman–Crippen LogP) is 12.0. The van der Waals surface area contributed by atoms with Crippen molar-refractivity contribution < 1.29 is 0 Å². The number of para-hydroxylation sites is 2. The van der Waals surface area contributed by atoms with Gasteiger partial charge >= 0.3 is 0 Å². The molecular weight excluding hydrogens is 655 g/mol. The number of rotatable bonds is 4. The molecule has 0 unspecified atom stereocenters. The van der Waals surface area contributed by atoms with Crippen LogP contribution in [0.1, 0.15) is 0 Å². The van der Waals surface area contributed by atoms with E-state index in [1.165, 1.54) is 36.3 Å². The highest BCUT2D eigenvalue weighted by Gasteiger charge is 2.19. The summed E-state index contributed by atoms with van der Waals surface area (Å²) < 4.78 is 4.78. The van der Waals surface area contributed by atoms with E-state index in [9.17, 15) is 0 Å². The smallest absolute Gasteiger partial charge is 0.164 e. The molecule has 11 rings (SSSR count). The molecule has 4 heterocycles. The third kappa shape index (κ3) is 4.62. The fourth-order valence-electron chi connectivity index (χ4n) is 7.42. The maximum atomic E-state index is 5.20. The molecule has 4 aromatic heterocycles. The molecule has 0 fully saturated rings. The zero-order valence-corrected chi connectivity index (χ0v) is 28.5. The predicted molar refractivity (Wildman–Crippen MR) is 216 cm³/mol. The second-order valence-electron chi connectivity index (χ2n) is 13.1. The van der Waals surface area contributed by atoms with Crippen LogP contribution in [0.15, 0.2) is 164 Å². The van der Waals surface area contributed by atoms with Crippen molar-refractivity contribution in [3.63, 3.8) is 0 Å². The summed E-state index contributed by atoms with van der Waals surface area (Å²) in [5.41, 5.74) is 8.05. The fourth-order valence-corrected chi connectivity index (χ4v) is 8.61. The molecule has 52 heavy (non-hydrogen) atoms. The molecule has 0 atom stereocenters. The van der Waals surface area contributed by atoms with E-state index in [4.69, 9.17) is 19.9 Å². The van der Waals surface area contributed by atoms with Gasteiger partial charge in [0.2, 0.25) is 0 Å². The summed E-state index contributed by atoms with van der Waals surface area (Å²) in [4.78, 5) is 20.2. The molecule has 0 saturated carbocycles. The molecule has 0 N–H and O–H groups in total. The highest BCUT2D eigenvalue weighted by atomic mass is 32.1. The zero-order valence-electron chi connectivity index (χ0n) is 27.7. The van der Waals surface area contributed by atoms with Gasteiger partial charge in [-0.15, -0.1) is 11.3 Å². The first kappa shape index (κ1) is 29.0. The lowest BCUT2D eigenvalue weighted by Gasteiger charge is -2.11. The molecule has 7 aromatic carbocycles. The average molecular weight is 682 g/mol. The zero-order chi connectivity index (χ0) is 34.2. The summed E-state index contributed by atoms with van der Waals surface area (Å²) in [5.74, 6) is 1.92. The Balaban J connectivity index is 1.09. The highest BCUT2D eigenvalue weighted by Crippen LogP contribution is 2.42. The van der Waals surface area contributed by atoms with Crippen molar-refractivity contribution in [2.24, 2.45) is 0 Å². The lowest BCUT2D eigenvalue weighted by atomic mass is 10.0. The largest absolute Gasteiger partial charge is 0.291 e. The van der Waals surface area contributed by atoms with Crippen LogP contribution in [-0.2, 0) is 0 Å². The number of thiophene rings is 1. The monoisotopic (exact) mass is 681 g/mol. The number of benzene rings is 7. The van der Waals surface area contributed by atoms with Gasteiger partial charge in [-0.1, -0.05) is 127 Å². The average Bonchev–Trinajstić information content (AvgIpc) is 3.78. The van der Waals surface area contributed by atoms with Gasteiger partial charge in [0.05, 0.1) is 21.4 Å². The molecule has 11 aromatic rings. The summed E-state index contributed by atoms with van der Waals surface area (Å²) in [6.07, 6.45) is 0. The van der Waals surface area contributed by atoms with Gasteiger partial charge in [-0.3, -0.25) is 4.40 Å². The first-order valence-electron chi connectivity index (χ1n) is 17.3. The van der Waals surface area contributed by atoms with Gasteiger partial charge in [0.1, 0.15) is 0 Å². The molecule has 242 valence electrons. The highest BCUT2D eigenvalue weighted by molar-refractivity contribution is 7.26. The Labute approximate surface area is 302 Å². The quantitative estimate of drug-likeness (QED) is 0.185. The summed E-state index contributed by atoms with van der Waals surface area (Å²) in [7, 11) is 0. The van der Waals surface area contributed by atoms with E-state index in [1.807, 2.05) is 41.7 Å². The van der Waals surface area contributed by atoms with Crippen LogP contribution in [0.4, 0.5) is 0 Å². The Morgan fingerprint density at radius 3 is 1.75 bits per heavy atom. The summed E-state index contributed by atoms with van der Waals surface area (Å²) in [5, 5.41) is 7.29. The van der Waals surface area contributed by atoms with Crippen molar-refractivity contribution in [2.45, 2.75) is 0 Å². The van der Waals surface area contributed by atoms with Gasteiger partial charge in [0, 0.05) is 32.2 Å². The molecule has 0 bridgehead atoms. The minimum Gasteiger partial charge on any atom is -0.291 e. The third-order valence-corrected chi connectivity index (χ3v) is 11.2. The first-order chi connectivity index (χ1) is 25.7. The van der Waals surface area contributed by atoms with Crippen LogP contribution in [0.3, 0.4) is 0 Å². The minimum absolute atomic E-state index is 0.632. The number of nitrogens with zero attached hydrogens (tertiary/aromatic N) is 5. The van der Waals surface area contributed by atoms with Crippen LogP contribution < -0.4 is 0 Å². The number of pyridine rings is 1. The molecule has 0 spiro atoms. The van der Waals surface area contributed by atoms with Crippen molar-refractivity contribution in [2.75, 3.05) is 0 Å². The Morgan fingerprint density at radius 1 is 0.404 bits per heavy atom. The second kappa shape index (κ2) is 11.4. The van der Waals surface area contributed by atoms with Crippen LogP contribution >= 0.6 is 11.3 Å². The molecule has 0 aliphatic rings. The van der Waals surface area contributed by atoms with E-state index >= 15 is 0 Å². The summed E-state index contributed by atoms with van der Waals surface area (Å²) in [6, 6.07) is 57.4. The topological polar surface area (TPSA) is 56.0 Å². The maximum absolute atomic E-state index is 5.20. The van der Waals surface area contributed by atoms with Crippen molar-refractivity contribution in [3.8, 4) is 45.4 Å². The van der Waals surface area contributed by atoms with E-state index in [-0.39, 0.29) is 0 Å². The molecule has 5 nitrogen and oxygen atoms in total. The number of hydrogen-bond donors (Lipinski definition) is 0. The molecule has 0 saturated heterocycles. The van der Waals surface area contributed by atoms with Crippen molar-refractivity contribution in [1.82, 2.24) is 24.3 Å². The Morgan fingerprint density at radius 2 is 0.981 bits per heavy atom. The van der Waals surface area contributed by atoms with Crippen molar-refractivity contribution in [1.29, 1.82) is 0 Å². The number of imidazole rings is 1. The number of hydrogen-bond acceptors (Lipinski definition) is 5. The van der Waals surface area contributed by atoms with Gasteiger partial charge < -0.3 is 0 Å². The number of fused-ring (bicyclic) bond motifs is 9. The van der Waals surface area contributed by atoms with E-state index < -0.39 is 0 Å². The third-order valence-electron chi connectivity index (χ3n) is 9.99. The summed E-state index contributed by atoms with van der Waals surface area (Å²) in [6.45, 7) is 0. The van der Waals surface area contributed by atoms with Crippen LogP contribution in [0, 0.1) is 0 Å². The van der Waals surface area contributed by atoms with Gasteiger partial charge in [0.15, 0.2) is 23.1 Å². The van der Waals surface area contributed by atoms with Gasteiger partial charge in [-0.05, 0) is 63.5 Å². The SMILES string of the molecule is c1ccc(-c2nc(-c3ccc(-c4cc5c6cc7ccccc7cc6sc5c5nc6ccccc6n45)cc3)nc(-c3ccc4ccccc4c3)n2)cc1.